The van der Waals surface area contributed by atoms with Crippen molar-refractivity contribution in [2.75, 3.05) is 13.1 Å². The summed E-state index contributed by atoms with van der Waals surface area (Å²) < 4.78 is 29.5. The highest BCUT2D eigenvalue weighted by Crippen LogP contribution is 2.27. The zero-order chi connectivity index (χ0) is 23.7. The molecule has 1 aliphatic heterocycles. The van der Waals surface area contributed by atoms with Crippen molar-refractivity contribution in [2.45, 2.75) is 36.6 Å². The van der Waals surface area contributed by atoms with E-state index in [-0.39, 0.29) is 24.4 Å². The number of carbonyl (C=O) groups is 1. The van der Waals surface area contributed by atoms with E-state index in [9.17, 15) is 18.0 Å². The van der Waals surface area contributed by atoms with Crippen molar-refractivity contribution in [3.8, 4) is 0 Å². The average Bonchev–Trinajstić information content (AvgIpc) is 3.36. The topological polar surface area (TPSA) is 88.5 Å². The molecule has 7 nitrogen and oxygen atoms in total. The second-order valence-electron chi connectivity index (χ2n) is 8.41. The molecule has 0 radical (unpaired) electrons. The molecule has 0 spiro atoms. The summed E-state index contributed by atoms with van der Waals surface area (Å²) in [6.07, 6.45) is 2.84. The smallest absolute Gasteiger partial charge is 0.252 e. The predicted octanol–water partition coefficient (Wildman–Crippen LogP) is 3.71. The van der Waals surface area contributed by atoms with Gasteiger partial charge in [-0.2, -0.15) is 4.31 Å². The van der Waals surface area contributed by atoms with Crippen molar-refractivity contribution in [3.05, 3.63) is 75.8 Å². The number of hydrogen-bond donors (Lipinski definition) is 1. The van der Waals surface area contributed by atoms with Gasteiger partial charge in [-0.1, -0.05) is 30.7 Å². The van der Waals surface area contributed by atoms with Crippen LogP contribution in [0.5, 0.6) is 0 Å². The van der Waals surface area contributed by atoms with Gasteiger partial charge in [0.1, 0.15) is 10.8 Å². The van der Waals surface area contributed by atoms with E-state index >= 15 is 0 Å². The van der Waals surface area contributed by atoms with E-state index in [0.29, 0.717) is 39.1 Å². The Kier molecular flexibility index (Phi) is 6.24. The maximum atomic E-state index is 12.9. The van der Waals surface area contributed by atoms with Crippen LogP contribution < -0.4 is 10.7 Å². The maximum Gasteiger partial charge on any atom is 0.252 e. The van der Waals surface area contributed by atoms with Crippen LogP contribution in [0.1, 0.15) is 24.1 Å². The number of nitrogens with one attached hydrogen (secondary N) is 1. The average molecular weight is 496 g/mol. The van der Waals surface area contributed by atoms with Crippen LogP contribution in [0.2, 0.25) is 0 Å². The zero-order valence-electron chi connectivity index (χ0n) is 18.6. The van der Waals surface area contributed by atoms with E-state index in [1.807, 2.05) is 41.0 Å². The molecule has 1 aliphatic rings. The third-order valence-corrected chi connectivity index (χ3v) is 9.64. The quantitative estimate of drug-likeness (QED) is 0.413. The number of fused-ring (bicyclic) bond motifs is 2. The van der Waals surface area contributed by atoms with Crippen LogP contribution in [0.3, 0.4) is 0 Å². The van der Waals surface area contributed by atoms with Crippen LogP contribution in [-0.4, -0.2) is 36.3 Å². The summed E-state index contributed by atoms with van der Waals surface area (Å²) >= 11 is 1.20. The number of amides is 1. The third kappa shape index (κ3) is 4.26. The van der Waals surface area contributed by atoms with Crippen molar-refractivity contribution in [1.29, 1.82) is 0 Å². The monoisotopic (exact) mass is 495 g/mol. The Hall–Kier alpha value is -3.01. The molecule has 4 aromatic rings. The second kappa shape index (κ2) is 9.32. The summed E-state index contributed by atoms with van der Waals surface area (Å²) in [4.78, 5) is 26.5. The van der Waals surface area contributed by atoms with Gasteiger partial charge in [-0.25, -0.2) is 8.42 Å². The molecule has 0 bridgehead atoms. The first-order valence-electron chi connectivity index (χ1n) is 11.3. The van der Waals surface area contributed by atoms with Crippen molar-refractivity contribution >= 4 is 49.1 Å². The second-order valence-corrected chi connectivity index (χ2v) is 11.7. The van der Waals surface area contributed by atoms with Gasteiger partial charge in [-0.15, -0.1) is 11.3 Å². The van der Waals surface area contributed by atoms with Gasteiger partial charge in [0.25, 0.3) is 10.0 Å². The molecule has 1 N–H and O–H groups in total. The SMILES string of the molecule is O=C(Cn1c2ccccc2c(=O)c2ccccc21)NCc1ccc(S(=O)(=O)N2CCCCC2)s1. The molecule has 0 unspecified atom stereocenters. The Labute approximate surface area is 201 Å². The van der Waals surface area contributed by atoms with Crippen LogP contribution >= 0.6 is 11.3 Å². The normalized spacial score (nSPS) is 15.1. The number of benzene rings is 2. The summed E-state index contributed by atoms with van der Waals surface area (Å²) in [5.74, 6) is -0.215. The van der Waals surface area contributed by atoms with Crippen molar-refractivity contribution in [1.82, 2.24) is 14.2 Å². The minimum Gasteiger partial charge on any atom is -0.350 e. The van der Waals surface area contributed by atoms with Gasteiger partial charge in [-0.3, -0.25) is 9.59 Å². The van der Waals surface area contributed by atoms with Crippen LogP contribution in [0, 0.1) is 0 Å². The molecule has 176 valence electrons. The molecule has 2 aromatic heterocycles. The van der Waals surface area contributed by atoms with Crippen molar-refractivity contribution in [2.24, 2.45) is 0 Å². The van der Waals surface area contributed by atoms with E-state index in [1.165, 1.54) is 11.3 Å². The number of piperidine rings is 1. The first kappa shape index (κ1) is 22.8. The standard InChI is InChI=1S/C25H25N3O4S2/c29-23(26-16-18-12-13-24(33-18)34(31,32)27-14-6-1-7-15-27)17-28-21-10-4-2-8-19(21)25(30)20-9-3-5-11-22(20)28/h2-5,8-13H,1,6-7,14-17H2,(H,26,29). The Morgan fingerprint density at radius 1 is 0.882 bits per heavy atom. The summed E-state index contributed by atoms with van der Waals surface area (Å²) in [6.45, 7) is 1.42. The molecule has 0 saturated carbocycles. The predicted molar refractivity (Wildman–Crippen MR) is 134 cm³/mol. The fourth-order valence-corrected chi connectivity index (χ4v) is 7.42. The number of rotatable bonds is 6. The molecule has 1 amide bonds. The molecule has 1 fully saturated rings. The summed E-state index contributed by atoms with van der Waals surface area (Å²) in [5.41, 5.74) is 1.35. The van der Waals surface area contributed by atoms with Gasteiger partial charge in [0.05, 0.1) is 17.6 Å². The molecular weight excluding hydrogens is 470 g/mol. The van der Waals surface area contributed by atoms with E-state index in [4.69, 9.17) is 0 Å². The molecule has 1 saturated heterocycles. The lowest BCUT2D eigenvalue weighted by Gasteiger charge is -2.25. The first-order chi connectivity index (χ1) is 16.4. The molecule has 0 aliphatic carbocycles. The Morgan fingerprint density at radius 2 is 1.50 bits per heavy atom. The number of thiophene rings is 1. The Bertz CT molecular complexity index is 1470. The van der Waals surface area contributed by atoms with E-state index in [0.717, 1.165) is 24.1 Å². The van der Waals surface area contributed by atoms with Gasteiger partial charge in [0.2, 0.25) is 5.91 Å². The number of para-hydroxylation sites is 2. The zero-order valence-corrected chi connectivity index (χ0v) is 20.2. The lowest BCUT2D eigenvalue weighted by Crippen LogP contribution is -2.35. The van der Waals surface area contributed by atoms with E-state index < -0.39 is 10.0 Å². The van der Waals surface area contributed by atoms with Gasteiger partial charge >= 0.3 is 0 Å². The third-order valence-electron chi connectivity index (χ3n) is 6.19. The van der Waals surface area contributed by atoms with Gasteiger partial charge < -0.3 is 9.88 Å². The molecule has 0 atom stereocenters. The minimum absolute atomic E-state index is 0.0472. The van der Waals surface area contributed by atoms with E-state index in [2.05, 4.69) is 5.32 Å². The number of sulfonamides is 1. The van der Waals surface area contributed by atoms with Gasteiger partial charge in [-0.05, 0) is 49.2 Å². The number of carbonyl (C=O) groups excluding carboxylic acids is 1. The first-order valence-corrected chi connectivity index (χ1v) is 13.6. The molecule has 2 aromatic carbocycles. The van der Waals surface area contributed by atoms with Crippen LogP contribution in [0.25, 0.3) is 21.8 Å². The molecule has 34 heavy (non-hydrogen) atoms. The Morgan fingerprint density at radius 3 is 2.15 bits per heavy atom. The highest BCUT2D eigenvalue weighted by Gasteiger charge is 2.27. The lowest BCUT2D eigenvalue weighted by molar-refractivity contribution is -0.121. The van der Waals surface area contributed by atoms with Crippen LogP contribution in [0.15, 0.2) is 69.7 Å². The lowest BCUT2D eigenvalue weighted by atomic mass is 10.1. The Balaban J connectivity index is 1.34. The molecule has 9 heteroatoms. The summed E-state index contributed by atoms with van der Waals surface area (Å²) in [7, 11) is -3.48. The van der Waals surface area contributed by atoms with Crippen LogP contribution in [-0.2, 0) is 27.9 Å². The van der Waals surface area contributed by atoms with Crippen molar-refractivity contribution < 1.29 is 13.2 Å². The minimum atomic E-state index is -3.48. The summed E-state index contributed by atoms with van der Waals surface area (Å²) in [5, 5.41) is 4.04. The fourth-order valence-electron chi connectivity index (χ4n) is 4.46. The van der Waals surface area contributed by atoms with E-state index in [1.54, 1.807) is 28.6 Å². The van der Waals surface area contributed by atoms with Gasteiger partial charge in [0, 0.05) is 28.7 Å². The number of aromatic nitrogens is 1. The number of pyridine rings is 1. The largest absolute Gasteiger partial charge is 0.350 e. The molecular formula is C25H25N3O4S2. The highest BCUT2D eigenvalue weighted by molar-refractivity contribution is 7.91. The summed E-state index contributed by atoms with van der Waals surface area (Å²) in [6, 6.07) is 17.9. The fraction of sp³-hybridized carbons (Fsp3) is 0.280. The molecule has 5 rings (SSSR count). The highest BCUT2D eigenvalue weighted by atomic mass is 32.2. The maximum absolute atomic E-state index is 12.9. The van der Waals surface area contributed by atoms with Crippen LogP contribution in [0.4, 0.5) is 0 Å². The number of nitrogens with zero attached hydrogens (tertiary/aromatic N) is 2. The molecule has 3 heterocycles. The van der Waals surface area contributed by atoms with Crippen molar-refractivity contribution in [3.63, 3.8) is 0 Å². The van der Waals surface area contributed by atoms with Gasteiger partial charge in [0.15, 0.2) is 5.43 Å². The number of hydrogen-bond acceptors (Lipinski definition) is 5.